The standard InChI is InChI=1S/C17H17ClFN3O2/c18-13-9-20-17(21-10-13)24-15-2-1-7-22(11-15)16(23)8-12-3-5-14(19)6-4-12/h3-6,9-10,15H,1-2,7-8,11H2. The molecule has 1 aromatic heterocycles. The van der Waals surface area contributed by atoms with Crippen LogP contribution in [0.25, 0.3) is 0 Å². The third-order valence-corrected chi connectivity index (χ3v) is 4.06. The fourth-order valence-electron chi connectivity index (χ4n) is 2.66. The van der Waals surface area contributed by atoms with Gasteiger partial charge in [0.1, 0.15) is 11.9 Å². The lowest BCUT2D eigenvalue weighted by molar-refractivity contribution is -0.133. The molecule has 1 aromatic carbocycles. The second-order valence-electron chi connectivity index (χ2n) is 5.71. The van der Waals surface area contributed by atoms with E-state index in [4.69, 9.17) is 16.3 Å². The minimum atomic E-state index is -0.305. The number of rotatable bonds is 4. The highest BCUT2D eigenvalue weighted by atomic mass is 35.5. The molecule has 0 spiro atoms. The number of amides is 1. The van der Waals surface area contributed by atoms with Gasteiger partial charge in [-0.2, -0.15) is 0 Å². The highest BCUT2D eigenvalue weighted by Gasteiger charge is 2.25. The topological polar surface area (TPSA) is 55.3 Å². The van der Waals surface area contributed by atoms with Gasteiger partial charge in [0.05, 0.1) is 30.4 Å². The molecule has 0 bridgehead atoms. The van der Waals surface area contributed by atoms with Crippen LogP contribution in [0.3, 0.4) is 0 Å². The summed E-state index contributed by atoms with van der Waals surface area (Å²) in [5.74, 6) is -0.299. The Morgan fingerprint density at radius 1 is 1.29 bits per heavy atom. The summed E-state index contributed by atoms with van der Waals surface area (Å²) in [5.41, 5.74) is 0.797. The number of ether oxygens (including phenoxy) is 1. The van der Waals surface area contributed by atoms with Crippen LogP contribution in [0.5, 0.6) is 6.01 Å². The molecule has 1 aliphatic rings. The summed E-state index contributed by atoms with van der Waals surface area (Å²) >= 11 is 5.75. The van der Waals surface area contributed by atoms with Crippen molar-refractivity contribution >= 4 is 17.5 Å². The number of carbonyl (C=O) groups is 1. The van der Waals surface area contributed by atoms with Gasteiger partial charge in [0, 0.05) is 6.54 Å². The maximum absolute atomic E-state index is 12.9. The number of benzene rings is 1. The number of hydrogen-bond acceptors (Lipinski definition) is 4. The van der Waals surface area contributed by atoms with Crippen LogP contribution in [0.15, 0.2) is 36.7 Å². The zero-order valence-electron chi connectivity index (χ0n) is 13.0. The van der Waals surface area contributed by atoms with Crippen LogP contribution in [0.1, 0.15) is 18.4 Å². The first kappa shape index (κ1) is 16.6. The van der Waals surface area contributed by atoms with Crippen LogP contribution in [0, 0.1) is 5.82 Å². The van der Waals surface area contributed by atoms with Crippen LogP contribution in [-0.4, -0.2) is 40.0 Å². The van der Waals surface area contributed by atoms with Gasteiger partial charge in [0.15, 0.2) is 0 Å². The first-order valence-electron chi connectivity index (χ1n) is 7.76. The molecule has 5 nitrogen and oxygen atoms in total. The van der Waals surface area contributed by atoms with Gasteiger partial charge < -0.3 is 9.64 Å². The summed E-state index contributed by atoms with van der Waals surface area (Å²) < 4.78 is 18.7. The van der Waals surface area contributed by atoms with E-state index in [2.05, 4.69) is 9.97 Å². The molecular formula is C17H17ClFN3O2. The first-order chi connectivity index (χ1) is 11.6. The molecule has 7 heteroatoms. The van der Waals surface area contributed by atoms with Crippen molar-refractivity contribution < 1.29 is 13.9 Å². The molecule has 2 heterocycles. The van der Waals surface area contributed by atoms with Gasteiger partial charge in [-0.05, 0) is 30.5 Å². The molecular weight excluding hydrogens is 333 g/mol. The SMILES string of the molecule is O=C(Cc1ccc(F)cc1)N1CCCC(Oc2ncc(Cl)cn2)C1. The van der Waals surface area contributed by atoms with E-state index >= 15 is 0 Å². The van der Waals surface area contributed by atoms with Crippen molar-refractivity contribution in [1.82, 2.24) is 14.9 Å². The number of halogens is 2. The lowest BCUT2D eigenvalue weighted by atomic mass is 10.1. The lowest BCUT2D eigenvalue weighted by Crippen LogP contribution is -2.45. The smallest absolute Gasteiger partial charge is 0.316 e. The van der Waals surface area contributed by atoms with E-state index in [1.807, 2.05) is 0 Å². The van der Waals surface area contributed by atoms with Crippen LogP contribution in [0.4, 0.5) is 4.39 Å². The van der Waals surface area contributed by atoms with Crippen LogP contribution < -0.4 is 4.74 Å². The highest BCUT2D eigenvalue weighted by molar-refractivity contribution is 6.30. The lowest BCUT2D eigenvalue weighted by Gasteiger charge is -2.32. The highest BCUT2D eigenvalue weighted by Crippen LogP contribution is 2.17. The summed E-state index contributed by atoms with van der Waals surface area (Å²) in [5, 5.41) is 0.446. The minimum absolute atomic E-state index is 0.00642. The van der Waals surface area contributed by atoms with Gasteiger partial charge in [0.25, 0.3) is 0 Å². The molecule has 1 unspecified atom stereocenters. The molecule has 0 aliphatic carbocycles. The number of aromatic nitrogens is 2. The Balaban J connectivity index is 1.57. The summed E-state index contributed by atoms with van der Waals surface area (Å²) in [6.07, 6.45) is 4.76. The molecule has 1 amide bonds. The molecule has 24 heavy (non-hydrogen) atoms. The van der Waals surface area contributed by atoms with Crippen LogP contribution in [0.2, 0.25) is 5.02 Å². The number of hydrogen-bond donors (Lipinski definition) is 0. The van der Waals surface area contributed by atoms with Crippen LogP contribution >= 0.6 is 11.6 Å². The third kappa shape index (κ3) is 4.41. The maximum Gasteiger partial charge on any atom is 0.316 e. The van der Waals surface area contributed by atoms with E-state index in [1.54, 1.807) is 17.0 Å². The van der Waals surface area contributed by atoms with E-state index in [0.717, 1.165) is 18.4 Å². The molecule has 1 aliphatic heterocycles. The van der Waals surface area contributed by atoms with Crippen molar-refractivity contribution in [2.75, 3.05) is 13.1 Å². The molecule has 0 saturated carbocycles. The first-order valence-corrected chi connectivity index (χ1v) is 8.14. The Morgan fingerprint density at radius 2 is 2.00 bits per heavy atom. The van der Waals surface area contributed by atoms with E-state index in [9.17, 15) is 9.18 Å². The molecule has 3 rings (SSSR count). The maximum atomic E-state index is 12.9. The molecule has 1 saturated heterocycles. The number of nitrogens with zero attached hydrogens (tertiary/aromatic N) is 3. The summed E-state index contributed by atoms with van der Waals surface area (Å²) in [6.45, 7) is 1.19. The van der Waals surface area contributed by atoms with E-state index < -0.39 is 0 Å². The molecule has 126 valence electrons. The van der Waals surface area contributed by atoms with Gasteiger partial charge in [0.2, 0.25) is 5.91 Å². The summed E-state index contributed by atoms with van der Waals surface area (Å²) in [7, 11) is 0. The fourth-order valence-corrected chi connectivity index (χ4v) is 2.76. The molecule has 0 radical (unpaired) electrons. The fraction of sp³-hybridized carbons (Fsp3) is 0.353. The summed E-state index contributed by atoms with van der Waals surface area (Å²) in [4.78, 5) is 22.2. The number of likely N-dealkylation sites (tertiary alicyclic amines) is 1. The predicted molar refractivity (Wildman–Crippen MR) is 87.4 cm³/mol. The second kappa shape index (κ2) is 7.57. The monoisotopic (exact) mass is 349 g/mol. The Morgan fingerprint density at radius 3 is 2.71 bits per heavy atom. The van der Waals surface area contributed by atoms with Crippen molar-refractivity contribution in [3.05, 3.63) is 53.1 Å². The average Bonchev–Trinajstić information content (AvgIpc) is 2.59. The molecule has 1 atom stereocenters. The molecule has 0 N–H and O–H groups in total. The third-order valence-electron chi connectivity index (χ3n) is 3.87. The quantitative estimate of drug-likeness (QED) is 0.851. The Kier molecular flexibility index (Phi) is 5.25. The zero-order valence-corrected chi connectivity index (χ0v) is 13.7. The zero-order chi connectivity index (χ0) is 16.9. The van der Waals surface area contributed by atoms with Crippen LogP contribution in [-0.2, 0) is 11.2 Å². The van der Waals surface area contributed by atoms with Crippen molar-refractivity contribution in [2.24, 2.45) is 0 Å². The molecule has 2 aromatic rings. The van der Waals surface area contributed by atoms with Gasteiger partial charge in [-0.1, -0.05) is 23.7 Å². The van der Waals surface area contributed by atoms with E-state index in [0.29, 0.717) is 18.1 Å². The Hall–Kier alpha value is -2.21. The van der Waals surface area contributed by atoms with Gasteiger partial charge in [-0.3, -0.25) is 4.79 Å². The predicted octanol–water partition coefficient (Wildman–Crippen LogP) is 2.88. The average molecular weight is 350 g/mol. The number of piperidine rings is 1. The summed E-state index contributed by atoms with van der Waals surface area (Å²) in [6, 6.07) is 6.25. The number of carbonyl (C=O) groups excluding carboxylic acids is 1. The van der Waals surface area contributed by atoms with Gasteiger partial charge in [-0.15, -0.1) is 0 Å². The van der Waals surface area contributed by atoms with Gasteiger partial charge >= 0.3 is 6.01 Å². The van der Waals surface area contributed by atoms with Crippen molar-refractivity contribution in [3.63, 3.8) is 0 Å². The van der Waals surface area contributed by atoms with E-state index in [-0.39, 0.29) is 30.3 Å². The van der Waals surface area contributed by atoms with Crippen molar-refractivity contribution in [1.29, 1.82) is 0 Å². The molecule has 1 fully saturated rings. The Bertz CT molecular complexity index is 694. The van der Waals surface area contributed by atoms with Crippen molar-refractivity contribution in [2.45, 2.75) is 25.4 Å². The second-order valence-corrected chi connectivity index (χ2v) is 6.15. The van der Waals surface area contributed by atoms with Gasteiger partial charge in [-0.25, -0.2) is 14.4 Å². The van der Waals surface area contributed by atoms with E-state index in [1.165, 1.54) is 24.5 Å². The largest absolute Gasteiger partial charge is 0.458 e. The minimum Gasteiger partial charge on any atom is -0.458 e. The van der Waals surface area contributed by atoms with Crippen molar-refractivity contribution in [3.8, 4) is 6.01 Å². The Labute approximate surface area is 144 Å². The normalized spacial score (nSPS) is 17.6.